The molecule has 0 radical (unpaired) electrons. The molecular formula is C39H44INO4. The predicted octanol–water partition coefficient (Wildman–Crippen LogP) is 9.52. The standard InChI is InChI=1S/C39H44INO4/c1-7-16-41-29-19-38(3,4)21-31(42)35(29)34(36-30(41)20-39(5,6)22-32(36)43)26-17-28(40)37(33(18-26)44-8-2)45-23-25-14-11-13-24-12-9-10-15-27(24)25/h9-15,17-18,34H,7-8,16,19-23H2,1-6H3. The summed E-state index contributed by atoms with van der Waals surface area (Å²) >= 11 is 2.33. The van der Waals surface area contributed by atoms with E-state index in [4.69, 9.17) is 9.47 Å². The molecule has 6 rings (SSSR count). The first kappa shape index (κ1) is 31.8. The molecule has 1 heterocycles. The fourth-order valence-electron chi connectivity index (χ4n) is 7.60. The molecule has 0 amide bonds. The van der Waals surface area contributed by atoms with Crippen molar-refractivity contribution in [1.82, 2.24) is 4.90 Å². The van der Waals surface area contributed by atoms with E-state index in [1.165, 1.54) is 10.8 Å². The highest BCUT2D eigenvalue weighted by atomic mass is 127. The van der Waals surface area contributed by atoms with Gasteiger partial charge >= 0.3 is 0 Å². The van der Waals surface area contributed by atoms with Crippen LogP contribution in [0.5, 0.6) is 11.5 Å². The van der Waals surface area contributed by atoms with Crippen LogP contribution in [0.2, 0.25) is 0 Å². The van der Waals surface area contributed by atoms with Gasteiger partial charge in [0.2, 0.25) is 0 Å². The quantitative estimate of drug-likeness (QED) is 0.218. The summed E-state index contributed by atoms with van der Waals surface area (Å²) in [5.74, 6) is 1.23. The number of Topliss-reactive ketones (excluding diaryl/α,β-unsaturated/α-hetero) is 2. The minimum absolute atomic E-state index is 0.136. The maximum atomic E-state index is 14.1. The largest absolute Gasteiger partial charge is 0.490 e. The number of ether oxygens (including phenoxy) is 2. The van der Waals surface area contributed by atoms with E-state index in [0.717, 1.165) is 63.0 Å². The summed E-state index contributed by atoms with van der Waals surface area (Å²) in [5, 5.41) is 2.34. The van der Waals surface area contributed by atoms with Crippen molar-refractivity contribution in [3.63, 3.8) is 0 Å². The van der Waals surface area contributed by atoms with Crippen molar-refractivity contribution < 1.29 is 19.1 Å². The number of hydrogen-bond acceptors (Lipinski definition) is 5. The van der Waals surface area contributed by atoms with Crippen LogP contribution in [0.4, 0.5) is 0 Å². The van der Waals surface area contributed by atoms with Crippen molar-refractivity contribution in [3.8, 4) is 11.5 Å². The monoisotopic (exact) mass is 717 g/mol. The Kier molecular flexibility index (Phi) is 8.66. The van der Waals surface area contributed by atoms with Gasteiger partial charge < -0.3 is 14.4 Å². The molecule has 2 aliphatic carbocycles. The first-order valence-electron chi connectivity index (χ1n) is 16.3. The van der Waals surface area contributed by atoms with Gasteiger partial charge in [-0.05, 0) is 93.6 Å². The van der Waals surface area contributed by atoms with E-state index in [-0.39, 0.29) is 22.4 Å². The van der Waals surface area contributed by atoms with Gasteiger partial charge in [-0.1, -0.05) is 77.1 Å². The fourth-order valence-corrected chi connectivity index (χ4v) is 8.38. The van der Waals surface area contributed by atoms with Crippen molar-refractivity contribution in [2.24, 2.45) is 10.8 Å². The number of ketones is 2. The smallest absolute Gasteiger partial charge is 0.174 e. The second-order valence-corrected chi connectivity index (χ2v) is 15.5. The highest BCUT2D eigenvalue weighted by Gasteiger charge is 2.49. The zero-order valence-electron chi connectivity index (χ0n) is 27.4. The Morgan fingerprint density at radius 2 is 1.44 bits per heavy atom. The number of carbonyl (C=O) groups excluding carboxylic acids is 2. The molecule has 5 nitrogen and oxygen atoms in total. The van der Waals surface area contributed by atoms with Gasteiger partial charge in [0, 0.05) is 47.8 Å². The second-order valence-electron chi connectivity index (χ2n) is 14.4. The van der Waals surface area contributed by atoms with Crippen LogP contribution in [-0.2, 0) is 16.2 Å². The molecule has 3 aromatic carbocycles. The van der Waals surface area contributed by atoms with Crippen molar-refractivity contribution in [3.05, 3.63) is 91.8 Å². The van der Waals surface area contributed by atoms with Crippen molar-refractivity contribution in [2.45, 2.75) is 86.2 Å². The molecule has 0 saturated carbocycles. The lowest BCUT2D eigenvalue weighted by atomic mass is 9.63. The van der Waals surface area contributed by atoms with E-state index >= 15 is 0 Å². The van der Waals surface area contributed by atoms with E-state index in [0.29, 0.717) is 37.6 Å². The molecule has 0 fully saturated rings. The molecule has 45 heavy (non-hydrogen) atoms. The molecule has 0 atom stereocenters. The van der Waals surface area contributed by atoms with E-state index < -0.39 is 5.92 Å². The third kappa shape index (κ3) is 6.07. The van der Waals surface area contributed by atoms with Crippen LogP contribution < -0.4 is 9.47 Å². The van der Waals surface area contributed by atoms with E-state index in [2.05, 4.69) is 105 Å². The second kappa shape index (κ2) is 12.2. The number of rotatable bonds is 8. The van der Waals surface area contributed by atoms with E-state index in [9.17, 15) is 9.59 Å². The van der Waals surface area contributed by atoms with Gasteiger partial charge in [0.05, 0.1) is 10.2 Å². The average Bonchev–Trinajstić information content (AvgIpc) is 2.96. The lowest BCUT2D eigenvalue weighted by molar-refractivity contribution is -0.119. The van der Waals surface area contributed by atoms with Crippen LogP contribution in [0, 0.1) is 14.4 Å². The molecule has 0 saturated heterocycles. The molecule has 236 valence electrons. The number of nitrogens with zero attached hydrogens (tertiary/aromatic N) is 1. The minimum atomic E-state index is -0.407. The Morgan fingerprint density at radius 1 is 0.822 bits per heavy atom. The van der Waals surface area contributed by atoms with E-state index in [1.54, 1.807) is 0 Å². The molecular weight excluding hydrogens is 673 g/mol. The number of carbonyl (C=O) groups is 2. The Bertz CT molecular complexity index is 1690. The van der Waals surface area contributed by atoms with Gasteiger partial charge in [-0.2, -0.15) is 0 Å². The van der Waals surface area contributed by atoms with Gasteiger partial charge in [0.1, 0.15) is 6.61 Å². The lowest BCUT2D eigenvalue weighted by Gasteiger charge is -2.49. The zero-order chi connectivity index (χ0) is 32.1. The van der Waals surface area contributed by atoms with Crippen molar-refractivity contribution >= 4 is 44.9 Å². The summed E-state index contributed by atoms with van der Waals surface area (Å²) in [6, 6.07) is 18.7. The van der Waals surface area contributed by atoms with Crippen LogP contribution in [-0.4, -0.2) is 29.6 Å². The topological polar surface area (TPSA) is 55.8 Å². The van der Waals surface area contributed by atoms with Crippen molar-refractivity contribution in [2.75, 3.05) is 13.2 Å². The Morgan fingerprint density at radius 3 is 2.07 bits per heavy atom. The number of benzene rings is 3. The van der Waals surface area contributed by atoms with Crippen LogP contribution in [0.25, 0.3) is 10.8 Å². The Hall–Kier alpha value is -3.13. The first-order valence-corrected chi connectivity index (χ1v) is 17.4. The van der Waals surface area contributed by atoms with Gasteiger partial charge in [-0.3, -0.25) is 9.59 Å². The molecule has 0 unspecified atom stereocenters. The summed E-state index contributed by atoms with van der Waals surface area (Å²) in [4.78, 5) is 30.6. The summed E-state index contributed by atoms with van der Waals surface area (Å²) in [7, 11) is 0. The Labute approximate surface area is 281 Å². The van der Waals surface area contributed by atoms with Crippen molar-refractivity contribution in [1.29, 1.82) is 0 Å². The maximum Gasteiger partial charge on any atom is 0.174 e. The van der Waals surface area contributed by atoms with E-state index in [1.807, 2.05) is 19.1 Å². The minimum Gasteiger partial charge on any atom is -0.490 e. The average molecular weight is 718 g/mol. The predicted molar refractivity (Wildman–Crippen MR) is 188 cm³/mol. The SMILES string of the molecule is CCCN1C2=C(C(=O)CC(C)(C)C2)C(c2cc(I)c(OCc3cccc4ccccc34)c(OCC)c2)C2=C1CC(C)(C)CC2=O. The number of fused-ring (bicyclic) bond motifs is 1. The number of allylic oxidation sites excluding steroid dienone is 4. The molecule has 3 aliphatic rings. The molecule has 0 spiro atoms. The maximum absolute atomic E-state index is 14.1. The highest BCUT2D eigenvalue weighted by Crippen LogP contribution is 2.55. The molecule has 6 heteroatoms. The summed E-state index contributed by atoms with van der Waals surface area (Å²) in [6.45, 7) is 14.6. The van der Waals surface area contributed by atoms with Crippen LogP contribution in [0.3, 0.4) is 0 Å². The third-order valence-corrected chi connectivity index (χ3v) is 10.2. The summed E-state index contributed by atoms with van der Waals surface area (Å²) < 4.78 is 13.7. The molecule has 0 bridgehead atoms. The van der Waals surface area contributed by atoms with Gasteiger partial charge in [-0.25, -0.2) is 0 Å². The first-order chi connectivity index (χ1) is 21.4. The lowest BCUT2D eigenvalue weighted by Crippen LogP contribution is -2.44. The molecule has 3 aromatic rings. The fraction of sp³-hybridized carbons (Fsp3) is 0.436. The molecule has 0 N–H and O–H groups in total. The van der Waals surface area contributed by atoms with Gasteiger partial charge in [-0.15, -0.1) is 0 Å². The zero-order valence-corrected chi connectivity index (χ0v) is 29.5. The summed E-state index contributed by atoms with van der Waals surface area (Å²) in [6.07, 6.45) is 3.53. The van der Waals surface area contributed by atoms with Crippen LogP contribution in [0.15, 0.2) is 77.1 Å². The Balaban J connectivity index is 1.48. The molecule has 0 aromatic heterocycles. The van der Waals surface area contributed by atoms with Gasteiger partial charge in [0.25, 0.3) is 0 Å². The van der Waals surface area contributed by atoms with Gasteiger partial charge in [0.15, 0.2) is 23.1 Å². The highest BCUT2D eigenvalue weighted by molar-refractivity contribution is 14.1. The number of halogens is 1. The normalized spacial score (nSPS) is 19.6. The molecule has 1 aliphatic heterocycles. The van der Waals surface area contributed by atoms with Crippen LogP contribution in [0.1, 0.15) is 90.7 Å². The number of hydrogen-bond donors (Lipinski definition) is 0. The van der Waals surface area contributed by atoms with Crippen LogP contribution >= 0.6 is 22.6 Å². The third-order valence-electron chi connectivity index (χ3n) is 9.39. The summed E-state index contributed by atoms with van der Waals surface area (Å²) in [5.41, 5.74) is 5.58.